The lowest BCUT2D eigenvalue weighted by atomic mass is 10.1. The Kier molecular flexibility index (Phi) is 8.72. The second-order valence-electron chi connectivity index (χ2n) is 8.81. The quantitative estimate of drug-likeness (QED) is 0.414. The molecular weight excluding hydrogens is 525 g/mol. The number of piperazine rings is 1. The summed E-state index contributed by atoms with van der Waals surface area (Å²) in [4.78, 5) is 28.7. The van der Waals surface area contributed by atoms with Crippen LogP contribution in [-0.4, -0.2) is 48.0 Å². The van der Waals surface area contributed by atoms with Crippen molar-refractivity contribution in [3.8, 4) is 0 Å². The first-order valence-corrected chi connectivity index (χ1v) is 12.8. The number of halogens is 2. The van der Waals surface area contributed by atoms with Crippen molar-refractivity contribution in [2.45, 2.75) is 25.4 Å². The number of aliphatic hydroxyl groups is 1. The average molecular weight is 554 g/mol. The van der Waals surface area contributed by atoms with Gasteiger partial charge in [0.25, 0.3) is 5.91 Å². The Hall–Kier alpha value is -3.23. The van der Waals surface area contributed by atoms with Gasteiger partial charge in [-0.15, -0.1) is 0 Å². The minimum atomic E-state index is -1.53. The van der Waals surface area contributed by atoms with Gasteiger partial charge in [-0.3, -0.25) is 9.59 Å². The van der Waals surface area contributed by atoms with Crippen molar-refractivity contribution in [3.05, 3.63) is 94.2 Å². The van der Waals surface area contributed by atoms with Crippen molar-refractivity contribution in [2.24, 2.45) is 0 Å². The van der Waals surface area contributed by atoms with Gasteiger partial charge in [0.05, 0.1) is 0 Å². The number of anilines is 2. The van der Waals surface area contributed by atoms with E-state index in [9.17, 15) is 19.1 Å². The molecule has 6 nitrogen and oxygen atoms in total. The number of carbonyl (C=O) groups excluding carboxylic acids is 2. The zero-order chi connectivity index (χ0) is 25.5. The van der Waals surface area contributed by atoms with Crippen molar-refractivity contribution in [1.82, 2.24) is 4.90 Å². The third-order valence-electron chi connectivity index (χ3n) is 6.31. The highest BCUT2D eigenvalue weighted by molar-refractivity contribution is 9.10. The second-order valence-corrected chi connectivity index (χ2v) is 9.73. The maximum Gasteiger partial charge on any atom is 0.256 e. The van der Waals surface area contributed by atoms with Crippen LogP contribution in [0.15, 0.2) is 77.3 Å². The van der Waals surface area contributed by atoms with E-state index >= 15 is 0 Å². The standard InChI is InChI=1S/C28H29BrFN3O3/c29-21-9-14-24(25(30)19-21)27(35)28(36)33-17-15-32(16-18-33)23-12-10-22(11-13-23)31-26(34)8-4-7-20-5-2-1-3-6-20/h1-3,5-6,9-14,19,27,35H,4,7-8,15-18H2,(H,31,34). The van der Waals surface area contributed by atoms with Crippen LogP contribution in [0, 0.1) is 5.82 Å². The van der Waals surface area contributed by atoms with E-state index in [1.54, 1.807) is 11.0 Å². The van der Waals surface area contributed by atoms with Crippen molar-refractivity contribution in [3.63, 3.8) is 0 Å². The van der Waals surface area contributed by atoms with Crippen LogP contribution in [-0.2, 0) is 16.0 Å². The van der Waals surface area contributed by atoms with E-state index < -0.39 is 17.8 Å². The van der Waals surface area contributed by atoms with E-state index in [1.165, 1.54) is 17.7 Å². The van der Waals surface area contributed by atoms with E-state index in [1.807, 2.05) is 42.5 Å². The van der Waals surface area contributed by atoms with Crippen LogP contribution < -0.4 is 10.2 Å². The van der Waals surface area contributed by atoms with Gasteiger partial charge in [-0.2, -0.15) is 0 Å². The molecule has 1 heterocycles. The smallest absolute Gasteiger partial charge is 0.256 e. The third-order valence-corrected chi connectivity index (χ3v) is 6.80. The summed E-state index contributed by atoms with van der Waals surface area (Å²) in [7, 11) is 0. The molecule has 0 aliphatic carbocycles. The topological polar surface area (TPSA) is 72.9 Å². The summed E-state index contributed by atoms with van der Waals surface area (Å²) >= 11 is 3.18. The van der Waals surface area contributed by atoms with E-state index in [2.05, 4.69) is 38.3 Å². The molecule has 0 aromatic heterocycles. The summed E-state index contributed by atoms with van der Waals surface area (Å²) in [5.41, 5.74) is 2.94. The summed E-state index contributed by atoms with van der Waals surface area (Å²) in [6.45, 7) is 2.03. The first-order chi connectivity index (χ1) is 17.4. The molecule has 0 bridgehead atoms. The van der Waals surface area contributed by atoms with Gasteiger partial charge >= 0.3 is 0 Å². The molecule has 8 heteroatoms. The van der Waals surface area contributed by atoms with Crippen molar-refractivity contribution in [1.29, 1.82) is 0 Å². The van der Waals surface area contributed by atoms with E-state index in [-0.39, 0.29) is 11.5 Å². The highest BCUT2D eigenvalue weighted by Crippen LogP contribution is 2.25. The maximum absolute atomic E-state index is 14.2. The molecular formula is C28H29BrFN3O3. The molecule has 3 aromatic carbocycles. The number of carbonyl (C=O) groups is 2. The molecule has 1 fully saturated rings. The van der Waals surface area contributed by atoms with E-state index in [0.717, 1.165) is 24.2 Å². The van der Waals surface area contributed by atoms with Gasteiger partial charge < -0.3 is 20.2 Å². The number of benzene rings is 3. The summed E-state index contributed by atoms with van der Waals surface area (Å²) in [6.07, 6.45) is 0.597. The van der Waals surface area contributed by atoms with Gasteiger partial charge in [-0.05, 0) is 54.8 Å². The van der Waals surface area contributed by atoms with E-state index in [4.69, 9.17) is 0 Å². The number of hydrogen-bond donors (Lipinski definition) is 2. The van der Waals surface area contributed by atoms with Crippen LogP contribution >= 0.6 is 15.9 Å². The van der Waals surface area contributed by atoms with Crippen molar-refractivity contribution < 1.29 is 19.1 Å². The van der Waals surface area contributed by atoms with Crippen LogP contribution in [0.1, 0.15) is 30.1 Å². The molecule has 0 spiro atoms. The van der Waals surface area contributed by atoms with Gasteiger partial charge in [-0.25, -0.2) is 4.39 Å². The maximum atomic E-state index is 14.2. The fourth-order valence-corrected chi connectivity index (χ4v) is 4.62. The van der Waals surface area contributed by atoms with Crippen LogP contribution in [0.3, 0.4) is 0 Å². The molecule has 1 atom stereocenters. The number of aliphatic hydroxyl groups excluding tert-OH is 1. The molecule has 3 aromatic rings. The predicted octanol–water partition coefficient (Wildman–Crippen LogP) is 4.93. The SMILES string of the molecule is O=C(CCCc1ccccc1)Nc1ccc(N2CCN(C(=O)C(O)c3ccc(Br)cc3F)CC2)cc1. The summed E-state index contributed by atoms with van der Waals surface area (Å²) in [6, 6.07) is 22.0. The Morgan fingerprint density at radius 1 is 0.972 bits per heavy atom. The van der Waals surface area contributed by atoms with Gasteiger partial charge in [0.1, 0.15) is 5.82 Å². The zero-order valence-corrected chi connectivity index (χ0v) is 21.5. The molecule has 2 amide bonds. The largest absolute Gasteiger partial charge is 0.378 e. The van der Waals surface area contributed by atoms with E-state index in [0.29, 0.717) is 37.1 Å². The highest BCUT2D eigenvalue weighted by atomic mass is 79.9. The lowest BCUT2D eigenvalue weighted by Crippen LogP contribution is -2.50. The zero-order valence-electron chi connectivity index (χ0n) is 19.9. The molecule has 1 unspecified atom stereocenters. The van der Waals surface area contributed by atoms with Crippen LogP contribution in [0.4, 0.5) is 15.8 Å². The fraction of sp³-hybridized carbons (Fsp3) is 0.286. The second kappa shape index (κ2) is 12.1. The van der Waals surface area contributed by atoms with Crippen LogP contribution in [0.2, 0.25) is 0 Å². The van der Waals surface area contributed by atoms with Gasteiger partial charge in [0, 0.05) is 54.0 Å². The summed E-state index contributed by atoms with van der Waals surface area (Å²) < 4.78 is 14.7. The molecule has 1 aliphatic heterocycles. The lowest BCUT2D eigenvalue weighted by Gasteiger charge is -2.37. The number of aryl methyl sites for hydroxylation is 1. The highest BCUT2D eigenvalue weighted by Gasteiger charge is 2.29. The van der Waals surface area contributed by atoms with Gasteiger partial charge in [0.15, 0.2) is 6.10 Å². The fourth-order valence-electron chi connectivity index (χ4n) is 4.29. The Bertz CT molecular complexity index is 1180. The minimum absolute atomic E-state index is 0.00780. The number of rotatable bonds is 8. The average Bonchev–Trinajstić information content (AvgIpc) is 2.89. The van der Waals surface area contributed by atoms with Gasteiger partial charge in [-0.1, -0.05) is 52.3 Å². The number of hydrogen-bond acceptors (Lipinski definition) is 4. The Morgan fingerprint density at radius 2 is 1.67 bits per heavy atom. The Balaban J connectivity index is 1.24. The van der Waals surface area contributed by atoms with Crippen molar-refractivity contribution >= 4 is 39.1 Å². The van der Waals surface area contributed by atoms with Crippen molar-refractivity contribution in [2.75, 3.05) is 36.4 Å². The first kappa shape index (κ1) is 25.9. The minimum Gasteiger partial charge on any atom is -0.378 e. The molecule has 1 aliphatic rings. The van der Waals surface area contributed by atoms with Crippen LogP contribution in [0.25, 0.3) is 0 Å². The first-order valence-electron chi connectivity index (χ1n) is 12.0. The summed E-state index contributed by atoms with van der Waals surface area (Å²) in [5, 5.41) is 13.4. The molecule has 0 radical (unpaired) electrons. The monoisotopic (exact) mass is 553 g/mol. The molecule has 4 rings (SSSR count). The Labute approximate surface area is 218 Å². The molecule has 36 heavy (non-hydrogen) atoms. The number of nitrogens with one attached hydrogen (secondary N) is 1. The Morgan fingerprint density at radius 3 is 2.33 bits per heavy atom. The molecule has 0 saturated carbocycles. The molecule has 1 saturated heterocycles. The number of amides is 2. The predicted molar refractivity (Wildman–Crippen MR) is 142 cm³/mol. The third kappa shape index (κ3) is 6.71. The lowest BCUT2D eigenvalue weighted by molar-refractivity contribution is -0.141. The van der Waals surface area contributed by atoms with Crippen LogP contribution in [0.5, 0.6) is 0 Å². The summed E-state index contributed by atoms with van der Waals surface area (Å²) in [5.74, 6) is -1.12. The number of nitrogens with zero attached hydrogens (tertiary/aromatic N) is 2. The molecule has 188 valence electrons. The normalized spacial score (nSPS) is 14.4. The molecule has 2 N–H and O–H groups in total. The van der Waals surface area contributed by atoms with Gasteiger partial charge in [0.2, 0.25) is 5.91 Å².